The van der Waals surface area contributed by atoms with E-state index in [-0.39, 0.29) is 24.0 Å². The molecule has 0 rings (SSSR count). The van der Waals surface area contributed by atoms with Crippen LogP contribution in [0, 0.1) is 0 Å². The molecule has 0 aromatic heterocycles. The lowest BCUT2D eigenvalue weighted by Crippen LogP contribution is -0.381. The molecular weight excluding hydrogens is 67.8 g/mol. The van der Waals surface area contributed by atoms with Crippen molar-refractivity contribution < 1.29 is 15.5 Å². The van der Waals surface area contributed by atoms with Crippen molar-refractivity contribution in [1.82, 2.24) is 0 Å². The molecule has 0 spiro atoms. The number of halogens is 3. The predicted molar refractivity (Wildman–Crippen MR) is 19.6 cm³/mol. The molecule has 0 bridgehead atoms. The van der Waals surface area contributed by atoms with E-state index >= 15 is 0 Å². The van der Waals surface area contributed by atoms with E-state index in [9.17, 15) is 0 Å². The van der Waals surface area contributed by atoms with E-state index in [1.165, 1.54) is 0 Å². The smallest absolute Gasteiger partial charge is 0.0814 e. The molecule has 4 heavy (non-hydrogen) atoms. The summed E-state index contributed by atoms with van der Waals surface area (Å²) in [5.41, 5.74) is 0. The van der Waals surface area contributed by atoms with Crippen molar-refractivity contribution in [3.8, 4) is 0 Å². The van der Waals surface area contributed by atoms with Gasteiger partial charge in [-0.25, -0.2) is 0 Å². The summed E-state index contributed by atoms with van der Waals surface area (Å²) < 4.78 is 0. The van der Waals surface area contributed by atoms with Crippen molar-refractivity contribution in [3.63, 3.8) is 0 Å². The van der Waals surface area contributed by atoms with Gasteiger partial charge in [-0.2, -0.15) is 0 Å². The van der Waals surface area contributed by atoms with E-state index in [2.05, 4.69) is 0 Å². The summed E-state index contributed by atoms with van der Waals surface area (Å²) in [4.78, 5) is 0. The van der Waals surface area contributed by atoms with Crippen LogP contribution in [0.3, 0.4) is 0 Å². The lowest BCUT2D eigenvalue weighted by molar-refractivity contribution is 1.11. The highest BCUT2D eigenvalue weighted by molar-refractivity contribution is 5.75. The maximum atomic E-state index is 0. The molecule has 0 atom stereocenters. The van der Waals surface area contributed by atoms with Crippen molar-refractivity contribution in [2.24, 2.45) is 0 Å². The second-order valence-corrected chi connectivity index (χ2v) is 0. The van der Waals surface area contributed by atoms with Crippen LogP contribution in [-0.2, 0) is 0 Å². The van der Waals surface area contributed by atoms with Crippen LogP contribution in [-0.4, -0.2) is 8.41 Å². The average Bonchev–Trinajstić information content (AvgIpc) is 0. The first-order valence-electron chi connectivity index (χ1n) is 0. The van der Waals surface area contributed by atoms with E-state index in [0.29, 0.717) is 0 Å². The quantitative estimate of drug-likeness (QED) is 0.342. The molecule has 0 heterocycles. The largest absolute Gasteiger partial charge is 0.269 e. The Morgan fingerprint density at radius 1 is 0.750 bits per heavy atom. The summed E-state index contributed by atoms with van der Waals surface area (Å²) in [6, 6.07) is 0. The molecule has 4 heteroatoms. The van der Waals surface area contributed by atoms with E-state index in [0.717, 1.165) is 0 Å². The maximum Gasteiger partial charge on any atom is 0.0814 e. The fourth-order valence-corrected chi connectivity index (χ4v) is 0. The zero-order valence-electron chi connectivity index (χ0n) is 1.22. The van der Waals surface area contributed by atoms with E-state index in [1.807, 2.05) is 0 Å². The van der Waals surface area contributed by atoms with Crippen LogP contribution in [0.4, 0.5) is 14.1 Å². The van der Waals surface area contributed by atoms with Gasteiger partial charge in [-0.15, -0.1) is 0 Å². The molecule has 0 aliphatic rings. The Bertz CT molecular complexity index is 6.85. The molecule has 0 unspecified atom stereocenters. The van der Waals surface area contributed by atoms with Crippen LogP contribution in [0.1, 0.15) is 1.43 Å². The van der Waals surface area contributed by atoms with Crippen LogP contribution in [0.2, 0.25) is 0 Å². The summed E-state index contributed by atoms with van der Waals surface area (Å²) in [6.45, 7) is 0. The molecule has 0 aromatic rings. The maximum absolute atomic E-state index is 0. The fourth-order valence-electron chi connectivity index (χ4n) is 0. The van der Waals surface area contributed by atoms with Crippen LogP contribution in [0.5, 0.6) is 0 Å². The van der Waals surface area contributed by atoms with Gasteiger partial charge in [0.2, 0.25) is 0 Å². The summed E-state index contributed by atoms with van der Waals surface area (Å²) in [5, 5.41) is 0. The summed E-state index contributed by atoms with van der Waals surface area (Å²) >= 11 is 0. The van der Waals surface area contributed by atoms with Gasteiger partial charge in [0.15, 0.2) is 0 Å². The van der Waals surface area contributed by atoms with Crippen molar-refractivity contribution >= 4 is 8.41 Å². The Morgan fingerprint density at radius 2 is 0.750 bits per heavy atom. The molecule has 0 N–H and O–H groups in total. The molecule has 0 radical (unpaired) electrons. The molecule has 0 fully saturated rings. The number of hydrogen-bond donors (Lipinski definition) is 0. The monoisotopic (exact) mass is 76.1 g/mol. The van der Waals surface area contributed by atoms with Gasteiger partial charge in [0, 0.05) is 1.43 Å². The van der Waals surface area contributed by atoms with E-state index in [1.54, 1.807) is 0 Å². The minimum absolute atomic E-state index is 0. The molecule has 0 aromatic carbocycles. The van der Waals surface area contributed by atoms with Gasteiger partial charge >= 0.3 is 0 Å². The van der Waals surface area contributed by atoms with Gasteiger partial charge in [0.25, 0.3) is 0 Å². The van der Waals surface area contributed by atoms with Crippen LogP contribution >= 0.6 is 0 Å². The second-order valence-electron chi connectivity index (χ2n) is 0. The first-order valence-corrected chi connectivity index (χ1v) is 0. The molecule has 0 nitrogen and oxygen atoms in total. The van der Waals surface area contributed by atoms with Crippen LogP contribution < -0.4 is 0 Å². The SMILES string of the molecule is B.F.F.F.[HH]. The van der Waals surface area contributed by atoms with Crippen molar-refractivity contribution in [2.75, 3.05) is 0 Å². The molecule has 0 aliphatic heterocycles. The van der Waals surface area contributed by atoms with Crippen molar-refractivity contribution in [1.29, 1.82) is 0 Å². The van der Waals surface area contributed by atoms with Crippen molar-refractivity contribution in [2.45, 2.75) is 0 Å². The Kier molecular flexibility index (Phi) is 174000. The first kappa shape index (κ1) is 1490. The number of hydrogen-bond acceptors (Lipinski definition) is 0. The topological polar surface area (TPSA) is 0 Å². The second kappa shape index (κ2) is 467. The van der Waals surface area contributed by atoms with Gasteiger partial charge in [-0.3, -0.25) is 14.1 Å². The van der Waals surface area contributed by atoms with Crippen LogP contribution in [0.25, 0.3) is 0 Å². The van der Waals surface area contributed by atoms with E-state index < -0.39 is 0 Å². The highest BCUT2D eigenvalue weighted by Gasteiger charge is 0.0814. The Balaban J connectivity index is 0. The van der Waals surface area contributed by atoms with Gasteiger partial charge in [0.05, 0.1) is 8.41 Å². The first-order chi connectivity index (χ1) is 0. The Morgan fingerprint density at radius 3 is 0.750 bits per heavy atom. The molecule has 0 amide bonds. The summed E-state index contributed by atoms with van der Waals surface area (Å²) in [6.07, 6.45) is 0. The van der Waals surface area contributed by atoms with Gasteiger partial charge in [-0.1, -0.05) is 0 Å². The van der Waals surface area contributed by atoms with Gasteiger partial charge < -0.3 is 0 Å². The zero-order valence-corrected chi connectivity index (χ0v) is 1.22. The minimum atomic E-state index is 0. The standard InChI is InChI=1S/BH3.3FH.H2/h1H3;4*1H. The lowest BCUT2D eigenvalue weighted by Gasteiger charge is -0.270. The third kappa shape index (κ3) is 64.4. The number of rotatable bonds is 0. The predicted octanol–water partition coefficient (Wildman–Crippen LogP) is -0.480. The summed E-state index contributed by atoms with van der Waals surface area (Å²) in [5.74, 6) is 0. The minimum Gasteiger partial charge on any atom is -0.269 e. The average molecular weight is 75.9 g/mol. The molecular formula is H8BF3. The fraction of sp³-hybridized carbons (Fsp3) is 0. The third-order valence-corrected chi connectivity index (χ3v) is 0. The summed E-state index contributed by atoms with van der Waals surface area (Å²) in [7, 11) is 0. The van der Waals surface area contributed by atoms with Gasteiger partial charge in [0.1, 0.15) is 0 Å². The Hall–Kier alpha value is -0.145. The third-order valence-electron chi connectivity index (χ3n) is 0. The molecule has 0 saturated carbocycles. The highest BCUT2D eigenvalue weighted by atomic mass is 19.0. The molecule has 0 saturated heterocycles. The van der Waals surface area contributed by atoms with E-state index in [4.69, 9.17) is 0 Å². The molecule has 0 aliphatic carbocycles. The Labute approximate surface area is 25.4 Å². The highest BCUT2D eigenvalue weighted by Crippen LogP contribution is 0.422. The zero-order chi connectivity index (χ0) is 0. The lowest BCUT2D eigenvalue weighted by atomic mass is 10.8. The van der Waals surface area contributed by atoms with Crippen molar-refractivity contribution in [3.05, 3.63) is 0 Å². The molecule has 32 valence electrons. The van der Waals surface area contributed by atoms with Crippen LogP contribution in [0.15, 0.2) is 0 Å². The normalized spacial score (nSPS) is 0. The van der Waals surface area contributed by atoms with Gasteiger partial charge in [-0.05, 0) is 0 Å².